The molecular formula is C19H17ClN2O4. The second-order valence-electron chi connectivity index (χ2n) is 5.74. The van der Waals surface area contributed by atoms with E-state index in [2.05, 4.69) is 10.3 Å². The fourth-order valence-corrected chi connectivity index (χ4v) is 3.02. The van der Waals surface area contributed by atoms with Gasteiger partial charge in [0.15, 0.2) is 0 Å². The number of rotatable bonds is 6. The van der Waals surface area contributed by atoms with Gasteiger partial charge >= 0.3 is 5.97 Å². The van der Waals surface area contributed by atoms with E-state index in [1.54, 1.807) is 25.3 Å². The number of aromatic amines is 1. The maximum atomic E-state index is 12.4. The highest BCUT2D eigenvalue weighted by atomic mass is 35.5. The van der Waals surface area contributed by atoms with Gasteiger partial charge in [-0.05, 0) is 24.3 Å². The van der Waals surface area contributed by atoms with Crippen LogP contribution in [0.5, 0.6) is 5.75 Å². The number of aromatic carboxylic acids is 1. The minimum atomic E-state index is -1.12. The fraction of sp³-hybridized carbons (Fsp3) is 0.158. The molecule has 0 aliphatic rings. The van der Waals surface area contributed by atoms with E-state index < -0.39 is 5.97 Å². The Hall–Kier alpha value is -2.99. The highest BCUT2D eigenvalue weighted by Gasteiger charge is 2.19. The molecule has 0 saturated carbocycles. The van der Waals surface area contributed by atoms with Crippen molar-refractivity contribution in [1.82, 2.24) is 10.3 Å². The maximum Gasteiger partial charge on any atom is 0.352 e. The number of aromatic nitrogens is 1. The predicted molar refractivity (Wildman–Crippen MR) is 98.8 cm³/mol. The monoisotopic (exact) mass is 372 g/mol. The number of para-hydroxylation sites is 1. The van der Waals surface area contributed by atoms with Crippen molar-refractivity contribution in [2.45, 2.75) is 13.0 Å². The van der Waals surface area contributed by atoms with E-state index >= 15 is 0 Å². The zero-order chi connectivity index (χ0) is 18.7. The summed E-state index contributed by atoms with van der Waals surface area (Å²) in [6, 6.07) is 12.4. The van der Waals surface area contributed by atoms with Crippen LogP contribution >= 0.6 is 11.6 Å². The normalized spacial score (nSPS) is 10.7. The largest absolute Gasteiger partial charge is 0.496 e. The zero-order valence-electron chi connectivity index (χ0n) is 14.0. The van der Waals surface area contributed by atoms with Gasteiger partial charge in [-0.1, -0.05) is 29.8 Å². The summed E-state index contributed by atoms with van der Waals surface area (Å²) < 4.78 is 5.26. The standard InChI is InChI=1S/C19H17ClN2O4/c1-26-16-5-3-2-4-11(16)10-21-17(23)9-14-13-8-12(20)6-7-15(13)22-18(14)19(24)25/h2-8,22H,9-10H2,1H3,(H,21,23)(H,24,25). The molecule has 0 atom stereocenters. The van der Waals surface area contributed by atoms with Crippen molar-refractivity contribution in [2.24, 2.45) is 0 Å². The number of hydrogen-bond donors (Lipinski definition) is 3. The average molecular weight is 373 g/mol. The highest BCUT2D eigenvalue weighted by Crippen LogP contribution is 2.26. The van der Waals surface area contributed by atoms with Crippen LogP contribution in [0.15, 0.2) is 42.5 Å². The first-order valence-corrected chi connectivity index (χ1v) is 8.29. The lowest BCUT2D eigenvalue weighted by molar-refractivity contribution is -0.120. The van der Waals surface area contributed by atoms with Crippen molar-refractivity contribution in [3.05, 3.63) is 64.3 Å². The smallest absolute Gasteiger partial charge is 0.352 e. The van der Waals surface area contributed by atoms with E-state index in [0.29, 0.717) is 27.2 Å². The number of benzene rings is 2. The maximum absolute atomic E-state index is 12.4. The topological polar surface area (TPSA) is 91.4 Å². The van der Waals surface area contributed by atoms with E-state index in [1.165, 1.54) is 0 Å². The predicted octanol–water partition coefficient (Wildman–Crippen LogP) is 3.39. The Kier molecular flexibility index (Phi) is 5.14. The summed E-state index contributed by atoms with van der Waals surface area (Å²) in [5.41, 5.74) is 1.87. The minimum Gasteiger partial charge on any atom is -0.496 e. The minimum absolute atomic E-state index is 0.00490. The molecule has 2 aromatic carbocycles. The van der Waals surface area contributed by atoms with Crippen LogP contribution in [0.3, 0.4) is 0 Å². The molecule has 1 amide bonds. The average Bonchev–Trinajstić information content (AvgIpc) is 2.98. The number of H-pyrrole nitrogens is 1. The van der Waals surface area contributed by atoms with Gasteiger partial charge in [-0.2, -0.15) is 0 Å². The van der Waals surface area contributed by atoms with Crippen LogP contribution in [0.25, 0.3) is 10.9 Å². The molecule has 0 aliphatic carbocycles. The van der Waals surface area contributed by atoms with Gasteiger partial charge in [-0.3, -0.25) is 4.79 Å². The molecule has 0 unspecified atom stereocenters. The number of nitrogens with one attached hydrogen (secondary N) is 2. The van der Waals surface area contributed by atoms with E-state index in [-0.39, 0.29) is 24.6 Å². The van der Waals surface area contributed by atoms with E-state index in [1.807, 2.05) is 24.3 Å². The Morgan fingerprint density at radius 2 is 2.00 bits per heavy atom. The molecule has 134 valence electrons. The molecule has 0 spiro atoms. The van der Waals surface area contributed by atoms with Gasteiger partial charge in [0.25, 0.3) is 0 Å². The number of amides is 1. The molecule has 0 radical (unpaired) electrons. The number of carboxylic acid groups (broad SMARTS) is 1. The fourth-order valence-electron chi connectivity index (χ4n) is 2.85. The number of methoxy groups -OCH3 is 1. The molecule has 0 fully saturated rings. The Morgan fingerprint density at radius 1 is 1.23 bits per heavy atom. The van der Waals surface area contributed by atoms with Gasteiger partial charge in [-0.25, -0.2) is 4.79 Å². The summed E-state index contributed by atoms with van der Waals surface area (Å²) >= 11 is 6.01. The van der Waals surface area contributed by atoms with Crippen molar-refractivity contribution in [1.29, 1.82) is 0 Å². The van der Waals surface area contributed by atoms with Gasteiger partial charge in [0.1, 0.15) is 11.4 Å². The molecule has 6 nitrogen and oxygen atoms in total. The summed E-state index contributed by atoms with van der Waals surface area (Å²) in [5, 5.41) is 13.3. The van der Waals surface area contributed by atoms with Gasteiger partial charge in [0.2, 0.25) is 5.91 Å². The quantitative estimate of drug-likeness (QED) is 0.618. The number of carboxylic acids is 1. The van der Waals surface area contributed by atoms with Crippen LogP contribution in [0.2, 0.25) is 5.02 Å². The van der Waals surface area contributed by atoms with E-state index in [0.717, 1.165) is 5.56 Å². The lowest BCUT2D eigenvalue weighted by Crippen LogP contribution is -2.25. The number of fused-ring (bicyclic) bond motifs is 1. The molecule has 0 bridgehead atoms. The molecule has 26 heavy (non-hydrogen) atoms. The van der Waals surface area contributed by atoms with Crippen molar-refractivity contribution >= 4 is 34.4 Å². The summed E-state index contributed by atoms with van der Waals surface area (Å²) in [5.74, 6) is -0.734. The van der Waals surface area contributed by atoms with Crippen molar-refractivity contribution in [3.63, 3.8) is 0 Å². The number of carbonyl (C=O) groups is 2. The SMILES string of the molecule is COc1ccccc1CNC(=O)Cc1c(C(=O)O)[nH]c2ccc(Cl)cc12. The van der Waals surface area contributed by atoms with Gasteiger partial charge in [0.05, 0.1) is 13.5 Å². The van der Waals surface area contributed by atoms with Crippen LogP contribution < -0.4 is 10.1 Å². The van der Waals surface area contributed by atoms with E-state index in [9.17, 15) is 14.7 Å². The number of ether oxygens (including phenoxy) is 1. The molecule has 0 saturated heterocycles. The number of hydrogen-bond acceptors (Lipinski definition) is 3. The van der Waals surface area contributed by atoms with Crippen LogP contribution in [-0.2, 0) is 17.8 Å². The first-order valence-electron chi connectivity index (χ1n) is 7.91. The Balaban J connectivity index is 1.81. The molecule has 0 aliphatic heterocycles. The molecule has 1 aromatic heterocycles. The summed E-state index contributed by atoms with van der Waals surface area (Å²) in [6.45, 7) is 0.286. The third kappa shape index (κ3) is 3.65. The van der Waals surface area contributed by atoms with Crippen molar-refractivity contribution < 1.29 is 19.4 Å². The molecule has 3 rings (SSSR count). The first kappa shape index (κ1) is 17.8. The Labute approximate surface area is 154 Å². The van der Waals surface area contributed by atoms with Gasteiger partial charge in [0, 0.05) is 33.6 Å². The lowest BCUT2D eigenvalue weighted by atomic mass is 10.1. The van der Waals surface area contributed by atoms with Crippen LogP contribution in [0.4, 0.5) is 0 Å². The molecule has 3 N–H and O–H groups in total. The van der Waals surface area contributed by atoms with Crippen LogP contribution in [-0.4, -0.2) is 29.1 Å². The lowest BCUT2D eigenvalue weighted by Gasteiger charge is -2.09. The van der Waals surface area contributed by atoms with Crippen molar-refractivity contribution in [2.75, 3.05) is 7.11 Å². The van der Waals surface area contributed by atoms with E-state index in [4.69, 9.17) is 16.3 Å². The van der Waals surface area contributed by atoms with Crippen LogP contribution in [0, 0.1) is 0 Å². The second kappa shape index (κ2) is 7.49. The Morgan fingerprint density at radius 3 is 2.73 bits per heavy atom. The van der Waals surface area contributed by atoms with Gasteiger partial charge in [-0.15, -0.1) is 0 Å². The molecule has 7 heteroatoms. The summed E-state index contributed by atoms with van der Waals surface area (Å²) in [6.07, 6.45) is -0.0723. The van der Waals surface area contributed by atoms with Gasteiger partial charge < -0.3 is 20.1 Å². The number of carbonyl (C=O) groups excluding carboxylic acids is 1. The third-order valence-electron chi connectivity index (χ3n) is 4.09. The molecular weight excluding hydrogens is 356 g/mol. The number of halogens is 1. The zero-order valence-corrected chi connectivity index (χ0v) is 14.8. The molecule has 1 heterocycles. The summed E-state index contributed by atoms with van der Waals surface area (Å²) in [4.78, 5) is 26.7. The van der Waals surface area contributed by atoms with Crippen LogP contribution in [0.1, 0.15) is 21.6 Å². The Bertz CT molecular complexity index is 981. The second-order valence-corrected chi connectivity index (χ2v) is 6.18. The molecule has 3 aromatic rings. The third-order valence-corrected chi connectivity index (χ3v) is 4.32. The first-order chi connectivity index (χ1) is 12.5. The van der Waals surface area contributed by atoms with Crippen molar-refractivity contribution in [3.8, 4) is 5.75 Å². The highest BCUT2D eigenvalue weighted by molar-refractivity contribution is 6.31. The summed E-state index contributed by atoms with van der Waals surface area (Å²) in [7, 11) is 1.56.